The number of nitrogens with zero attached hydrogens (tertiary/aromatic N) is 3. The third kappa shape index (κ3) is 6.63. The van der Waals surface area contributed by atoms with E-state index in [-0.39, 0.29) is 18.8 Å². The largest absolute Gasteiger partial charge is 0.493 e. The maximum Gasteiger partial charge on any atom is 0.408 e. The van der Waals surface area contributed by atoms with Gasteiger partial charge in [0.15, 0.2) is 17.6 Å². The van der Waals surface area contributed by atoms with E-state index in [4.69, 9.17) is 14.2 Å². The van der Waals surface area contributed by atoms with Gasteiger partial charge in [-0.2, -0.15) is 13.2 Å². The van der Waals surface area contributed by atoms with Crippen molar-refractivity contribution in [3.05, 3.63) is 35.7 Å². The van der Waals surface area contributed by atoms with Gasteiger partial charge in [-0.3, -0.25) is 4.79 Å². The highest BCUT2D eigenvalue weighted by atomic mass is 19.4. The molecule has 0 spiro atoms. The molecular weight excluding hydrogens is 393 g/mol. The van der Waals surface area contributed by atoms with Crippen LogP contribution in [-0.4, -0.2) is 54.4 Å². The summed E-state index contributed by atoms with van der Waals surface area (Å²) in [5.74, 6) is 0.662. The van der Waals surface area contributed by atoms with Gasteiger partial charge in [-0.05, 0) is 31.0 Å². The Hall–Kier alpha value is -2.82. The van der Waals surface area contributed by atoms with Crippen molar-refractivity contribution in [3.63, 3.8) is 0 Å². The van der Waals surface area contributed by atoms with Crippen LogP contribution < -0.4 is 14.8 Å². The number of aromatic nitrogens is 3. The minimum absolute atomic E-state index is 0.0136. The Bertz CT molecular complexity index is 811. The molecule has 1 aromatic heterocycles. The van der Waals surface area contributed by atoms with Crippen LogP contribution in [0.1, 0.15) is 24.3 Å². The fourth-order valence-corrected chi connectivity index (χ4v) is 2.62. The monoisotopic (exact) mass is 416 g/mol. The van der Waals surface area contributed by atoms with Crippen molar-refractivity contribution >= 4 is 5.91 Å². The van der Waals surface area contributed by atoms with Gasteiger partial charge in [-0.25, -0.2) is 4.68 Å². The van der Waals surface area contributed by atoms with Crippen LogP contribution in [0.15, 0.2) is 24.4 Å². The number of carbonyl (C=O) groups excluding carboxylic acids is 1. The maximum absolute atomic E-state index is 12.5. The van der Waals surface area contributed by atoms with Gasteiger partial charge in [0.05, 0.1) is 20.4 Å². The summed E-state index contributed by atoms with van der Waals surface area (Å²) < 4.78 is 53.8. The summed E-state index contributed by atoms with van der Waals surface area (Å²) >= 11 is 0. The normalized spacial score (nSPS) is 12.5. The molecular formula is C18H23F3N4O4. The van der Waals surface area contributed by atoms with Crippen LogP contribution in [0.5, 0.6) is 11.5 Å². The molecule has 0 bridgehead atoms. The van der Waals surface area contributed by atoms with Gasteiger partial charge in [-0.15, -0.1) is 5.10 Å². The first-order chi connectivity index (χ1) is 13.8. The average Bonchev–Trinajstić information content (AvgIpc) is 3.11. The van der Waals surface area contributed by atoms with E-state index in [9.17, 15) is 18.0 Å². The molecule has 0 aliphatic rings. The summed E-state index contributed by atoms with van der Waals surface area (Å²) in [5.41, 5.74) is 0.923. The molecule has 2 aromatic rings. The van der Waals surface area contributed by atoms with Crippen LogP contribution in [0.25, 0.3) is 0 Å². The van der Waals surface area contributed by atoms with Crippen molar-refractivity contribution < 1.29 is 32.2 Å². The number of hydrogen-bond donors (Lipinski definition) is 1. The van der Waals surface area contributed by atoms with E-state index in [1.807, 2.05) is 6.07 Å². The number of rotatable bonds is 10. The van der Waals surface area contributed by atoms with Gasteiger partial charge in [0, 0.05) is 13.2 Å². The Labute approximate surface area is 165 Å². The smallest absolute Gasteiger partial charge is 0.408 e. The third-order valence-corrected chi connectivity index (χ3v) is 3.90. The van der Waals surface area contributed by atoms with Crippen molar-refractivity contribution in [2.24, 2.45) is 0 Å². The second-order valence-electron chi connectivity index (χ2n) is 6.02. The van der Waals surface area contributed by atoms with Gasteiger partial charge in [0.2, 0.25) is 0 Å². The molecule has 8 nitrogen and oxygen atoms in total. The summed E-state index contributed by atoms with van der Waals surface area (Å²) in [6.45, 7) is 0.846. The molecule has 0 saturated heterocycles. The van der Waals surface area contributed by atoms with Gasteiger partial charge in [-0.1, -0.05) is 11.3 Å². The fourth-order valence-electron chi connectivity index (χ4n) is 2.62. The van der Waals surface area contributed by atoms with E-state index >= 15 is 0 Å². The van der Waals surface area contributed by atoms with Crippen molar-refractivity contribution in [2.75, 3.05) is 27.4 Å². The van der Waals surface area contributed by atoms with Crippen molar-refractivity contribution in [3.8, 4) is 11.5 Å². The highest BCUT2D eigenvalue weighted by Crippen LogP contribution is 2.27. The van der Waals surface area contributed by atoms with E-state index in [0.717, 1.165) is 11.8 Å². The second kappa shape index (κ2) is 10.1. The lowest BCUT2D eigenvalue weighted by atomic mass is 10.1. The highest BCUT2D eigenvalue weighted by molar-refractivity contribution is 5.81. The lowest BCUT2D eigenvalue weighted by Gasteiger charge is -2.15. The molecule has 1 amide bonds. The Kier molecular flexibility index (Phi) is 7.82. The van der Waals surface area contributed by atoms with E-state index in [1.165, 1.54) is 14.2 Å². The van der Waals surface area contributed by atoms with Crippen LogP contribution in [0, 0.1) is 0 Å². The second-order valence-corrected chi connectivity index (χ2v) is 6.02. The SMILES string of the molecule is CCOC(C(=O)NCCc1ccc(OC)c(OC)c1)c1cn(CC(F)(F)F)nn1. The predicted molar refractivity (Wildman–Crippen MR) is 96.7 cm³/mol. The van der Waals surface area contributed by atoms with Gasteiger partial charge in [0.25, 0.3) is 5.91 Å². The topological polar surface area (TPSA) is 87.5 Å². The molecule has 0 radical (unpaired) electrons. The van der Waals surface area contributed by atoms with Crippen molar-refractivity contribution in [2.45, 2.75) is 32.2 Å². The number of alkyl halides is 3. The quantitative estimate of drug-likeness (QED) is 0.640. The Morgan fingerprint density at radius 1 is 1.24 bits per heavy atom. The van der Waals surface area contributed by atoms with Gasteiger partial charge < -0.3 is 19.5 Å². The Morgan fingerprint density at radius 2 is 1.97 bits per heavy atom. The zero-order valence-electron chi connectivity index (χ0n) is 16.3. The lowest BCUT2D eigenvalue weighted by Crippen LogP contribution is -2.32. The third-order valence-electron chi connectivity index (χ3n) is 3.90. The number of halogens is 3. The molecule has 1 unspecified atom stereocenters. The number of nitrogens with one attached hydrogen (secondary N) is 1. The molecule has 0 fully saturated rings. The first-order valence-electron chi connectivity index (χ1n) is 8.84. The first kappa shape index (κ1) is 22.5. The van der Waals surface area contributed by atoms with E-state index in [0.29, 0.717) is 22.6 Å². The molecule has 1 heterocycles. The zero-order chi connectivity index (χ0) is 21.4. The van der Waals surface area contributed by atoms with Gasteiger partial charge >= 0.3 is 6.18 Å². The minimum atomic E-state index is -4.44. The Morgan fingerprint density at radius 3 is 2.59 bits per heavy atom. The van der Waals surface area contributed by atoms with Crippen LogP contribution in [0.4, 0.5) is 13.2 Å². The summed E-state index contributed by atoms with van der Waals surface area (Å²) in [5, 5.41) is 9.76. The summed E-state index contributed by atoms with van der Waals surface area (Å²) in [4.78, 5) is 12.5. The standard InChI is InChI=1S/C18H23F3N4O4/c1-4-29-16(13-10-25(24-23-13)11-18(19,20)21)17(26)22-8-7-12-5-6-14(27-2)15(9-12)28-3/h5-6,9-10,16H,4,7-8,11H2,1-3H3,(H,22,26). The average molecular weight is 416 g/mol. The number of carbonyl (C=O) groups is 1. The molecule has 160 valence electrons. The molecule has 1 atom stereocenters. The summed E-state index contributed by atoms with van der Waals surface area (Å²) in [7, 11) is 3.07. The summed E-state index contributed by atoms with van der Waals surface area (Å²) in [6.07, 6.45) is -4.02. The van der Waals surface area contributed by atoms with Gasteiger partial charge in [0.1, 0.15) is 12.2 Å². The number of hydrogen-bond acceptors (Lipinski definition) is 6. The fraction of sp³-hybridized carbons (Fsp3) is 0.500. The van der Waals surface area contributed by atoms with Crippen LogP contribution in [-0.2, 0) is 22.5 Å². The minimum Gasteiger partial charge on any atom is -0.493 e. The van der Waals surface area contributed by atoms with E-state index in [1.54, 1.807) is 19.1 Å². The molecule has 0 aliphatic carbocycles. The highest BCUT2D eigenvalue weighted by Gasteiger charge is 2.30. The van der Waals surface area contributed by atoms with Crippen LogP contribution >= 0.6 is 0 Å². The number of methoxy groups -OCH3 is 2. The molecule has 0 saturated carbocycles. The zero-order valence-corrected chi connectivity index (χ0v) is 16.3. The lowest BCUT2D eigenvalue weighted by molar-refractivity contribution is -0.142. The Balaban J connectivity index is 1.98. The molecule has 2 rings (SSSR count). The number of ether oxygens (including phenoxy) is 3. The maximum atomic E-state index is 12.5. The van der Waals surface area contributed by atoms with E-state index in [2.05, 4.69) is 15.6 Å². The van der Waals surface area contributed by atoms with Crippen LogP contribution in [0.3, 0.4) is 0 Å². The number of benzene rings is 1. The molecule has 1 aromatic carbocycles. The van der Waals surface area contributed by atoms with Crippen LogP contribution in [0.2, 0.25) is 0 Å². The first-order valence-corrected chi connectivity index (χ1v) is 8.84. The van der Waals surface area contributed by atoms with Crippen molar-refractivity contribution in [1.29, 1.82) is 0 Å². The predicted octanol–water partition coefficient (Wildman–Crippen LogP) is 2.29. The molecule has 0 aliphatic heterocycles. The number of amides is 1. The molecule has 29 heavy (non-hydrogen) atoms. The molecule has 1 N–H and O–H groups in total. The summed E-state index contributed by atoms with van der Waals surface area (Å²) in [6, 6.07) is 5.40. The molecule has 11 heteroatoms. The van der Waals surface area contributed by atoms with Crippen molar-refractivity contribution in [1.82, 2.24) is 20.3 Å². The van der Waals surface area contributed by atoms with E-state index < -0.39 is 24.7 Å².